The smallest absolute Gasteiger partial charge is 0.264 e. The minimum Gasteiger partial charge on any atom is -0.328 e. The first-order valence-corrected chi connectivity index (χ1v) is 11.6. The van der Waals surface area contributed by atoms with Gasteiger partial charge in [-0.05, 0) is 54.4 Å². The van der Waals surface area contributed by atoms with Gasteiger partial charge < -0.3 is 10.2 Å². The van der Waals surface area contributed by atoms with Crippen LogP contribution in [0.25, 0.3) is 0 Å². The Kier molecular flexibility index (Phi) is 7.05. The topological polar surface area (TPSA) is 62.3 Å². The predicted molar refractivity (Wildman–Crippen MR) is 133 cm³/mol. The summed E-state index contributed by atoms with van der Waals surface area (Å²) in [5, 5.41) is 3.27. The number of anilines is 1. The Morgan fingerprint density at radius 1 is 1.06 bits per heavy atom. The van der Waals surface area contributed by atoms with Gasteiger partial charge in [-0.3, -0.25) is 14.6 Å². The molecule has 0 bridgehead atoms. The quantitative estimate of drug-likeness (QED) is 0.340. The van der Waals surface area contributed by atoms with Crippen molar-refractivity contribution < 1.29 is 14.0 Å². The van der Waals surface area contributed by atoms with Crippen LogP contribution >= 0.6 is 22.9 Å². The van der Waals surface area contributed by atoms with E-state index in [9.17, 15) is 14.0 Å². The first-order chi connectivity index (χ1) is 16.3. The second-order valence-corrected chi connectivity index (χ2v) is 9.14. The van der Waals surface area contributed by atoms with Gasteiger partial charge in [-0.1, -0.05) is 48.0 Å². The van der Waals surface area contributed by atoms with E-state index in [1.807, 2.05) is 55.5 Å². The van der Waals surface area contributed by atoms with E-state index in [1.54, 1.807) is 24.2 Å². The van der Waals surface area contributed by atoms with Gasteiger partial charge in [-0.15, -0.1) is 11.3 Å². The van der Waals surface area contributed by atoms with E-state index in [0.717, 1.165) is 22.9 Å². The van der Waals surface area contributed by atoms with Gasteiger partial charge in [0, 0.05) is 13.2 Å². The summed E-state index contributed by atoms with van der Waals surface area (Å²) >= 11 is 7.18. The zero-order valence-corrected chi connectivity index (χ0v) is 20.0. The zero-order chi connectivity index (χ0) is 24.2. The maximum atomic E-state index is 13.5. The maximum absolute atomic E-state index is 13.5. The number of carbonyl (C=O) groups is 2. The highest BCUT2D eigenvalue weighted by molar-refractivity contribution is 7.18. The van der Waals surface area contributed by atoms with E-state index < -0.39 is 11.7 Å². The number of thiophene rings is 1. The van der Waals surface area contributed by atoms with Gasteiger partial charge in [0.1, 0.15) is 5.82 Å². The van der Waals surface area contributed by atoms with E-state index in [2.05, 4.69) is 10.3 Å². The molecule has 2 aromatic carbocycles. The summed E-state index contributed by atoms with van der Waals surface area (Å²) < 4.78 is 13.3. The number of aryl methyl sites for hydroxylation is 1. The van der Waals surface area contributed by atoms with Gasteiger partial charge in [0.2, 0.25) is 0 Å². The van der Waals surface area contributed by atoms with Gasteiger partial charge in [0.05, 0.1) is 32.2 Å². The monoisotopic (exact) mass is 493 g/mol. The van der Waals surface area contributed by atoms with Crippen molar-refractivity contribution >= 4 is 39.8 Å². The standard InChI is InChI=1S/C26H21ClFN3O2S/c1-16-14-22(30-25(32)19-12-11-18(28)15-20(19)27)34-24(16)26(33)31(2)23(17-8-4-3-5-9-17)21-10-6-7-13-29-21/h3-15,23H,1-2H3,(H,30,32). The van der Waals surface area contributed by atoms with Crippen molar-refractivity contribution in [1.29, 1.82) is 0 Å². The van der Waals surface area contributed by atoms with Gasteiger partial charge in [-0.25, -0.2) is 4.39 Å². The number of hydrogen-bond acceptors (Lipinski definition) is 4. The molecule has 0 fully saturated rings. The number of amides is 2. The lowest BCUT2D eigenvalue weighted by molar-refractivity contribution is 0.0756. The fourth-order valence-electron chi connectivity index (χ4n) is 3.65. The van der Waals surface area contributed by atoms with Crippen molar-refractivity contribution in [2.24, 2.45) is 0 Å². The number of hydrogen-bond donors (Lipinski definition) is 1. The molecule has 8 heteroatoms. The molecule has 0 radical (unpaired) electrons. The Balaban J connectivity index is 1.60. The van der Waals surface area contributed by atoms with E-state index in [4.69, 9.17) is 11.6 Å². The molecule has 2 heterocycles. The Hall–Kier alpha value is -3.55. The third kappa shape index (κ3) is 5.00. The molecule has 4 aromatic rings. The van der Waals surface area contributed by atoms with Crippen molar-refractivity contribution in [1.82, 2.24) is 9.88 Å². The number of carbonyl (C=O) groups excluding carboxylic acids is 2. The van der Waals surface area contributed by atoms with Crippen LogP contribution in [0.4, 0.5) is 9.39 Å². The molecule has 0 aliphatic rings. The molecule has 4 rings (SSSR count). The Labute approximate surface area is 205 Å². The number of aromatic nitrogens is 1. The Morgan fingerprint density at radius 3 is 2.47 bits per heavy atom. The van der Waals surface area contributed by atoms with E-state index in [-0.39, 0.29) is 22.5 Å². The molecule has 0 saturated carbocycles. The van der Waals surface area contributed by atoms with Crippen molar-refractivity contribution in [3.05, 3.63) is 117 Å². The maximum Gasteiger partial charge on any atom is 0.264 e. The van der Waals surface area contributed by atoms with Crippen LogP contribution in [0.15, 0.2) is 79.0 Å². The first kappa shape index (κ1) is 23.6. The summed E-state index contributed by atoms with van der Waals surface area (Å²) in [6, 6.07) is 20.2. The zero-order valence-electron chi connectivity index (χ0n) is 18.5. The van der Waals surface area contributed by atoms with Gasteiger partial charge in [0.15, 0.2) is 0 Å². The average molecular weight is 494 g/mol. The van der Waals surface area contributed by atoms with Crippen LogP contribution in [0.5, 0.6) is 0 Å². The molecule has 0 saturated heterocycles. The van der Waals surface area contributed by atoms with Crippen LogP contribution in [-0.2, 0) is 0 Å². The Bertz CT molecular complexity index is 1290. The minimum atomic E-state index is -0.523. The summed E-state index contributed by atoms with van der Waals surface area (Å²) in [5.41, 5.74) is 2.57. The van der Waals surface area contributed by atoms with Gasteiger partial charge >= 0.3 is 0 Å². The molecular weight excluding hydrogens is 473 g/mol. The molecule has 1 N–H and O–H groups in total. The number of halogens is 2. The molecule has 2 amide bonds. The van der Waals surface area contributed by atoms with E-state index in [0.29, 0.717) is 9.88 Å². The average Bonchev–Trinajstić information content (AvgIpc) is 3.19. The predicted octanol–water partition coefficient (Wildman–Crippen LogP) is 6.36. The molecule has 0 spiro atoms. The Morgan fingerprint density at radius 2 is 1.79 bits per heavy atom. The molecule has 0 aliphatic carbocycles. The van der Waals surface area contributed by atoms with Crippen LogP contribution in [0.2, 0.25) is 5.02 Å². The lowest BCUT2D eigenvalue weighted by Gasteiger charge is -2.28. The second-order valence-electron chi connectivity index (χ2n) is 7.68. The number of pyridine rings is 1. The van der Waals surface area contributed by atoms with E-state index in [1.165, 1.54) is 23.5 Å². The van der Waals surface area contributed by atoms with Crippen LogP contribution in [0.1, 0.15) is 42.9 Å². The summed E-state index contributed by atoms with van der Waals surface area (Å²) in [4.78, 5) is 32.8. The highest BCUT2D eigenvalue weighted by Gasteiger charge is 2.28. The normalized spacial score (nSPS) is 11.6. The summed E-state index contributed by atoms with van der Waals surface area (Å²) in [6.07, 6.45) is 1.70. The number of nitrogens with one attached hydrogen (secondary N) is 1. The molecule has 5 nitrogen and oxygen atoms in total. The van der Waals surface area contributed by atoms with Crippen LogP contribution in [0, 0.1) is 12.7 Å². The van der Waals surface area contributed by atoms with Crippen molar-refractivity contribution in [2.75, 3.05) is 12.4 Å². The summed E-state index contributed by atoms with van der Waals surface area (Å²) in [7, 11) is 1.74. The number of nitrogens with zero attached hydrogens (tertiary/aromatic N) is 2. The van der Waals surface area contributed by atoms with Crippen molar-refractivity contribution in [3.63, 3.8) is 0 Å². The lowest BCUT2D eigenvalue weighted by Crippen LogP contribution is -2.32. The van der Waals surface area contributed by atoms with Crippen LogP contribution in [0.3, 0.4) is 0 Å². The SMILES string of the molecule is Cc1cc(NC(=O)c2ccc(F)cc2Cl)sc1C(=O)N(C)C(c1ccccc1)c1ccccn1. The highest BCUT2D eigenvalue weighted by atomic mass is 35.5. The fourth-order valence-corrected chi connectivity index (χ4v) is 4.96. The molecular formula is C26H21ClFN3O2S. The molecule has 0 aliphatic heterocycles. The van der Waals surface area contributed by atoms with Crippen molar-refractivity contribution in [2.45, 2.75) is 13.0 Å². The molecule has 34 heavy (non-hydrogen) atoms. The first-order valence-electron chi connectivity index (χ1n) is 10.4. The highest BCUT2D eigenvalue weighted by Crippen LogP contribution is 2.33. The van der Waals surface area contributed by atoms with Crippen LogP contribution < -0.4 is 5.32 Å². The fraction of sp³-hybridized carbons (Fsp3) is 0.115. The summed E-state index contributed by atoms with van der Waals surface area (Å²) in [6.45, 7) is 1.82. The molecule has 1 atom stereocenters. The second kappa shape index (κ2) is 10.2. The van der Waals surface area contributed by atoms with Gasteiger partial charge in [-0.2, -0.15) is 0 Å². The largest absolute Gasteiger partial charge is 0.328 e. The van der Waals surface area contributed by atoms with Gasteiger partial charge in [0.25, 0.3) is 11.8 Å². The van der Waals surface area contributed by atoms with Crippen LogP contribution in [-0.4, -0.2) is 28.7 Å². The molecule has 1 unspecified atom stereocenters. The third-order valence-corrected chi connectivity index (χ3v) is 6.77. The lowest BCUT2D eigenvalue weighted by atomic mass is 10.0. The number of benzene rings is 2. The third-order valence-electron chi connectivity index (χ3n) is 5.32. The number of rotatable bonds is 6. The minimum absolute atomic E-state index is 0.0166. The van der Waals surface area contributed by atoms with Crippen molar-refractivity contribution in [3.8, 4) is 0 Å². The van der Waals surface area contributed by atoms with E-state index >= 15 is 0 Å². The molecule has 172 valence electrons. The molecule has 2 aromatic heterocycles. The summed E-state index contributed by atoms with van der Waals surface area (Å²) in [5.74, 6) is -1.19.